The van der Waals surface area contributed by atoms with Crippen molar-refractivity contribution in [2.45, 2.75) is 13.5 Å². The largest absolute Gasteiger partial charge is 0.508 e. The topological polar surface area (TPSA) is 75.4 Å². The van der Waals surface area contributed by atoms with Gasteiger partial charge in [0, 0.05) is 12.1 Å². The molecule has 94 valence electrons. The van der Waals surface area contributed by atoms with E-state index in [1.807, 2.05) is 0 Å². The zero-order valence-corrected chi connectivity index (χ0v) is 9.61. The molecular formula is C12H11FN2O3. The smallest absolute Gasteiger partial charge is 0.254 e. The number of nitrogens with one attached hydrogen (secondary N) is 1. The number of hydrogen-bond donors (Lipinski definition) is 2. The molecule has 0 aliphatic rings. The second-order valence-electron chi connectivity index (χ2n) is 3.78. The second-order valence-corrected chi connectivity index (χ2v) is 3.78. The van der Waals surface area contributed by atoms with Crippen LogP contribution in [0.25, 0.3) is 0 Å². The number of halogens is 1. The third-order valence-electron chi connectivity index (χ3n) is 2.30. The Morgan fingerprint density at radius 2 is 2.28 bits per heavy atom. The van der Waals surface area contributed by atoms with Crippen molar-refractivity contribution in [2.24, 2.45) is 0 Å². The zero-order chi connectivity index (χ0) is 13.1. The van der Waals surface area contributed by atoms with Gasteiger partial charge >= 0.3 is 0 Å². The molecule has 2 aromatic rings. The third-order valence-corrected chi connectivity index (χ3v) is 2.30. The first-order valence-corrected chi connectivity index (χ1v) is 5.25. The number of benzene rings is 1. The minimum atomic E-state index is -0.777. The molecule has 0 aliphatic heterocycles. The Balaban J connectivity index is 2.03. The molecule has 1 aromatic heterocycles. The summed E-state index contributed by atoms with van der Waals surface area (Å²) in [7, 11) is 0. The van der Waals surface area contributed by atoms with E-state index < -0.39 is 11.7 Å². The number of hydrogen-bond acceptors (Lipinski definition) is 4. The lowest BCUT2D eigenvalue weighted by Crippen LogP contribution is -2.23. The van der Waals surface area contributed by atoms with E-state index in [1.54, 1.807) is 13.0 Å². The minimum Gasteiger partial charge on any atom is -0.508 e. The predicted molar refractivity (Wildman–Crippen MR) is 60.5 cm³/mol. The minimum absolute atomic E-state index is 0.125. The van der Waals surface area contributed by atoms with Crippen molar-refractivity contribution in [3.63, 3.8) is 0 Å². The van der Waals surface area contributed by atoms with Crippen molar-refractivity contribution in [3.05, 3.63) is 47.1 Å². The highest BCUT2D eigenvalue weighted by Gasteiger charge is 2.12. The van der Waals surface area contributed by atoms with Crippen LogP contribution in [-0.4, -0.2) is 16.2 Å². The summed E-state index contributed by atoms with van der Waals surface area (Å²) in [6.45, 7) is 1.88. The van der Waals surface area contributed by atoms with Crippen molar-refractivity contribution in [3.8, 4) is 5.75 Å². The van der Waals surface area contributed by atoms with Gasteiger partial charge in [0.15, 0.2) is 5.76 Å². The van der Waals surface area contributed by atoms with E-state index in [-0.39, 0.29) is 17.9 Å². The molecule has 0 saturated heterocycles. The van der Waals surface area contributed by atoms with Gasteiger partial charge in [-0.05, 0) is 19.1 Å². The molecule has 0 fully saturated rings. The van der Waals surface area contributed by atoms with Crippen LogP contribution in [-0.2, 0) is 6.54 Å². The van der Waals surface area contributed by atoms with Gasteiger partial charge in [0.2, 0.25) is 0 Å². The monoisotopic (exact) mass is 250 g/mol. The van der Waals surface area contributed by atoms with Gasteiger partial charge in [0.25, 0.3) is 5.91 Å². The van der Waals surface area contributed by atoms with Crippen LogP contribution >= 0.6 is 0 Å². The third kappa shape index (κ3) is 2.65. The average molecular weight is 250 g/mol. The molecule has 2 N–H and O–H groups in total. The van der Waals surface area contributed by atoms with Gasteiger partial charge in [0.1, 0.15) is 11.6 Å². The molecule has 0 aliphatic carbocycles. The molecule has 0 radical (unpaired) electrons. The summed E-state index contributed by atoms with van der Waals surface area (Å²) < 4.78 is 18.3. The van der Waals surface area contributed by atoms with Gasteiger partial charge in [-0.2, -0.15) is 0 Å². The molecule has 6 heteroatoms. The molecule has 1 amide bonds. The van der Waals surface area contributed by atoms with E-state index in [9.17, 15) is 9.18 Å². The number of carbonyl (C=O) groups is 1. The van der Waals surface area contributed by atoms with E-state index in [1.165, 1.54) is 12.1 Å². The van der Waals surface area contributed by atoms with E-state index in [0.717, 1.165) is 6.07 Å². The molecule has 18 heavy (non-hydrogen) atoms. The Labute approximate surface area is 102 Å². The van der Waals surface area contributed by atoms with Gasteiger partial charge in [-0.25, -0.2) is 4.39 Å². The number of nitrogens with zero attached hydrogens (tertiary/aromatic N) is 1. The molecule has 0 spiro atoms. The van der Waals surface area contributed by atoms with Crippen LogP contribution in [0.3, 0.4) is 0 Å². The maximum absolute atomic E-state index is 13.4. The number of carbonyl (C=O) groups excluding carboxylic acids is 1. The lowest BCUT2D eigenvalue weighted by Gasteiger charge is -2.04. The first-order valence-electron chi connectivity index (χ1n) is 5.25. The number of amides is 1. The quantitative estimate of drug-likeness (QED) is 0.870. The highest BCUT2D eigenvalue weighted by molar-refractivity contribution is 5.94. The highest BCUT2D eigenvalue weighted by atomic mass is 19.1. The summed E-state index contributed by atoms with van der Waals surface area (Å²) in [5.74, 6) is -1.10. The van der Waals surface area contributed by atoms with Crippen molar-refractivity contribution in [1.82, 2.24) is 10.5 Å². The Bertz CT molecular complexity index is 580. The van der Waals surface area contributed by atoms with Crippen molar-refractivity contribution < 1.29 is 18.8 Å². The maximum atomic E-state index is 13.4. The van der Waals surface area contributed by atoms with E-state index in [0.29, 0.717) is 11.5 Å². The summed E-state index contributed by atoms with van der Waals surface area (Å²) in [5.41, 5.74) is 0.569. The molecule has 5 nitrogen and oxygen atoms in total. The Morgan fingerprint density at radius 1 is 1.50 bits per heavy atom. The molecule has 0 bridgehead atoms. The van der Waals surface area contributed by atoms with Crippen LogP contribution in [0.2, 0.25) is 0 Å². The average Bonchev–Trinajstić information content (AvgIpc) is 2.72. The van der Waals surface area contributed by atoms with Crippen LogP contribution in [0.1, 0.15) is 21.8 Å². The number of aryl methyl sites for hydroxylation is 1. The summed E-state index contributed by atoms with van der Waals surface area (Å²) in [6.07, 6.45) is 0. The van der Waals surface area contributed by atoms with Gasteiger partial charge in [0.05, 0.1) is 17.8 Å². The second kappa shape index (κ2) is 4.87. The SMILES string of the molecule is Cc1cc(CNC(=O)c2ccc(O)cc2F)on1. The van der Waals surface area contributed by atoms with Gasteiger partial charge in [-0.15, -0.1) is 0 Å². The zero-order valence-electron chi connectivity index (χ0n) is 9.61. The molecular weight excluding hydrogens is 239 g/mol. The fourth-order valence-electron chi connectivity index (χ4n) is 1.45. The maximum Gasteiger partial charge on any atom is 0.254 e. The summed E-state index contributed by atoms with van der Waals surface area (Å²) in [4.78, 5) is 11.7. The molecule has 0 saturated carbocycles. The Morgan fingerprint density at radius 3 is 2.89 bits per heavy atom. The molecule has 1 aromatic carbocycles. The van der Waals surface area contributed by atoms with Crippen LogP contribution in [0.5, 0.6) is 5.75 Å². The lowest BCUT2D eigenvalue weighted by atomic mass is 10.2. The van der Waals surface area contributed by atoms with Crippen molar-refractivity contribution in [2.75, 3.05) is 0 Å². The number of aromatic nitrogens is 1. The number of rotatable bonds is 3. The van der Waals surface area contributed by atoms with Gasteiger partial charge < -0.3 is 14.9 Å². The summed E-state index contributed by atoms with van der Waals surface area (Å²) in [5, 5.41) is 15.2. The molecule has 2 rings (SSSR count). The molecule has 0 unspecified atom stereocenters. The highest BCUT2D eigenvalue weighted by Crippen LogP contribution is 2.15. The first kappa shape index (κ1) is 12.1. The normalized spacial score (nSPS) is 10.3. The standard InChI is InChI=1S/C12H11FN2O3/c1-7-4-9(18-15-7)6-14-12(17)10-3-2-8(16)5-11(10)13/h2-5,16H,6H2,1H3,(H,14,17). The van der Waals surface area contributed by atoms with Crippen LogP contribution in [0, 0.1) is 12.7 Å². The fraction of sp³-hybridized carbons (Fsp3) is 0.167. The number of aromatic hydroxyl groups is 1. The molecule has 1 heterocycles. The summed E-state index contributed by atoms with van der Waals surface area (Å²) >= 11 is 0. The Kier molecular flexibility index (Phi) is 3.27. The predicted octanol–water partition coefficient (Wildman–Crippen LogP) is 1.76. The lowest BCUT2D eigenvalue weighted by molar-refractivity contribution is 0.0943. The first-order chi connectivity index (χ1) is 8.56. The van der Waals surface area contributed by atoms with E-state index >= 15 is 0 Å². The summed E-state index contributed by atoms with van der Waals surface area (Å²) in [6, 6.07) is 5.02. The van der Waals surface area contributed by atoms with Crippen LogP contribution in [0.4, 0.5) is 4.39 Å². The van der Waals surface area contributed by atoms with E-state index in [4.69, 9.17) is 9.63 Å². The van der Waals surface area contributed by atoms with Gasteiger partial charge in [-0.3, -0.25) is 4.79 Å². The van der Waals surface area contributed by atoms with Crippen molar-refractivity contribution >= 4 is 5.91 Å². The number of phenols is 1. The number of phenolic OH excluding ortho intramolecular Hbond substituents is 1. The Hall–Kier alpha value is -2.37. The van der Waals surface area contributed by atoms with E-state index in [2.05, 4.69) is 10.5 Å². The van der Waals surface area contributed by atoms with Crippen LogP contribution < -0.4 is 5.32 Å². The van der Waals surface area contributed by atoms with Crippen LogP contribution in [0.15, 0.2) is 28.8 Å². The fourth-order valence-corrected chi connectivity index (χ4v) is 1.45. The van der Waals surface area contributed by atoms with Crippen molar-refractivity contribution in [1.29, 1.82) is 0 Å². The molecule has 0 atom stereocenters. The van der Waals surface area contributed by atoms with Gasteiger partial charge in [-0.1, -0.05) is 5.16 Å².